The zero-order valence-corrected chi connectivity index (χ0v) is 8.06. The predicted molar refractivity (Wildman–Crippen MR) is 49.5 cm³/mol. The average molecular weight is 196 g/mol. The standard InChI is InChI=1S/C10H12O4/c1-10(9(13)14-2)6-4-3-5-7(10)8(11)12/h3-7H,1-2H3,(H,11,12). The van der Waals surface area contributed by atoms with E-state index < -0.39 is 23.3 Å². The number of allylic oxidation sites excluding steroid dienone is 2. The van der Waals surface area contributed by atoms with Crippen molar-refractivity contribution in [3.8, 4) is 0 Å². The highest BCUT2D eigenvalue weighted by Gasteiger charge is 2.44. The first kappa shape index (κ1) is 10.5. The van der Waals surface area contributed by atoms with Gasteiger partial charge in [-0.25, -0.2) is 0 Å². The van der Waals surface area contributed by atoms with Crippen LogP contribution in [-0.4, -0.2) is 24.2 Å². The molecule has 0 aliphatic heterocycles. The number of rotatable bonds is 2. The van der Waals surface area contributed by atoms with Gasteiger partial charge in [-0.3, -0.25) is 9.59 Å². The maximum absolute atomic E-state index is 11.4. The predicted octanol–water partition coefficient (Wildman–Crippen LogP) is 0.992. The molecule has 2 atom stereocenters. The van der Waals surface area contributed by atoms with E-state index in [-0.39, 0.29) is 0 Å². The molecule has 0 aromatic carbocycles. The first-order chi connectivity index (χ1) is 6.52. The normalized spacial score (nSPS) is 30.0. The third-order valence-corrected chi connectivity index (χ3v) is 2.39. The fraction of sp³-hybridized carbons (Fsp3) is 0.400. The van der Waals surface area contributed by atoms with Crippen LogP contribution in [0.5, 0.6) is 0 Å². The summed E-state index contributed by atoms with van der Waals surface area (Å²) in [5.74, 6) is -2.43. The quantitative estimate of drug-likeness (QED) is 0.669. The molecule has 0 amide bonds. The lowest BCUT2D eigenvalue weighted by molar-refractivity contribution is -0.158. The minimum atomic E-state index is -1.10. The van der Waals surface area contributed by atoms with Crippen molar-refractivity contribution >= 4 is 11.9 Å². The van der Waals surface area contributed by atoms with E-state index in [0.717, 1.165) is 0 Å². The van der Waals surface area contributed by atoms with Crippen molar-refractivity contribution in [2.24, 2.45) is 11.3 Å². The van der Waals surface area contributed by atoms with Crippen LogP contribution in [0.15, 0.2) is 24.3 Å². The van der Waals surface area contributed by atoms with Crippen molar-refractivity contribution in [2.45, 2.75) is 6.92 Å². The monoisotopic (exact) mass is 196 g/mol. The molecule has 2 unspecified atom stereocenters. The van der Waals surface area contributed by atoms with Gasteiger partial charge in [0.25, 0.3) is 0 Å². The number of aliphatic carboxylic acids is 1. The van der Waals surface area contributed by atoms with E-state index in [1.807, 2.05) is 0 Å². The molecule has 0 bridgehead atoms. The van der Waals surface area contributed by atoms with Gasteiger partial charge in [-0.1, -0.05) is 24.3 Å². The molecule has 1 N–H and O–H groups in total. The van der Waals surface area contributed by atoms with Gasteiger partial charge in [-0.15, -0.1) is 0 Å². The summed E-state index contributed by atoms with van der Waals surface area (Å²) < 4.78 is 4.59. The minimum absolute atomic E-state index is 0.537. The van der Waals surface area contributed by atoms with Crippen LogP contribution in [0.4, 0.5) is 0 Å². The number of hydrogen-bond donors (Lipinski definition) is 1. The molecule has 1 aliphatic rings. The second kappa shape index (κ2) is 3.65. The van der Waals surface area contributed by atoms with Crippen molar-refractivity contribution < 1.29 is 19.4 Å². The van der Waals surface area contributed by atoms with Gasteiger partial charge in [0.1, 0.15) is 5.41 Å². The number of carboxylic acids is 1. The van der Waals surface area contributed by atoms with Crippen molar-refractivity contribution in [1.82, 2.24) is 0 Å². The number of hydrogen-bond acceptors (Lipinski definition) is 3. The number of esters is 1. The summed E-state index contributed by atoms with van der Waals surface area (Å²) in [4.78, 5) is 22.3. The Kier molecular flexibility index (Phi) is 2.74. The molecule has 0 aromatic heterocycles. The Morgan fingerprint density at radius 1 is 1.43 bits per heavy atom. The van der Waals surface area contributed by atoms with Gasteiger partial charge in [0.2, 0.25) is 0 Å². The molecule has 0 aromatic rings. The fourth-order valence-corrected chi connectivity index (χ4v) is 1.49. The van der Waals surface area contributed by atoms with Gasteiger partial charge < -0.3 is 9.84 Å². The van der Waals surface area contributed by atoms with Crippen molar-refractivity contribution in [3.05, 3.63) is 24.3 Å². The average Bonchev–Trinajstić information content (AvgIpc) is 2.16. The van der Waals surface area contributed by atoms with Crippen LogP contribution < -0.4 is 0 Å². The van der Waals surface area contributed by atoms with Crippen LogP contribution in [-0.2, 0) is 14.3 Å². The molecule has 0 saturated carbocycles. The molecule has 0 spiro atoms. The minimum Gasteiger partial charge on any atom is -0.481 e. The van der Waals surface area contributed by atoms with E-state index in [9.17, 15) is 9.59 Å². The third kappa shape index (κ3) is 1.55. The first-order valence-electron chi connectivity index (χ1n) is 4.19. The van der Waals surface area contributed by atoms with Gasteiger partial charge >= 0.3 is 11.9 Å². The van der Waals surface area contributed by atoms with Crippen LogP contribution in [0.3, 0.4) is 0 Å². The van der Waals surface area contributed by atoms with E-state index >= 15 is 0 Å². The highest BCUT2D eigenvalue weighted by atomic mass is 16.5. The van der Waals surface area contributed by atoms with Gasteiger partial charge in [-0.05, 0) is 6.92 Å². The molecule has 0 saturated heterocycles. The van der Waals surface area contributed by atoms with Gasteiger partial charge in [0.15, 0.2) is 0 Å². The third-order valence-electron chi connectivity index (χ3n) is 2.39. The van der Waals surface area contributed by atoms with Crippen molar-refractivity contribution in [3.63, 3.8) is 0 Å². The lowest BCUT2D eigenvalue weighted by atomic mass is 9.74. The molecule has 1 aliphatic carbocycles. The molecule has 0 radical (unpaired) electrons. The Morgan fingerprint density at radius 2 is 2.07 bits per heavy atom. The molecule has 4 nitrogen and oxygen atoms in total. The first-order valence-corrected chi connectivity index (χ1v) is 4.19. The summed E-state index contributed by atoms with van der Waals surface area (Å²) in [5, 5.41) is 8.93. The molecule has 0 heterocycles. The number of carboxylic acid groups (broad SMARTS) is 1. The summed E-state index contributed by atoms with van der Waals surface area (Å²) >= 11 is 0. The lowest BCUT2D eigenvalue weighted by Crippen LogP contribution is -2.39. The fourth-order valence-electron chi connectivity index (χ4n) is 1.49. The van der Waals surface area contributed by atoms with E-state index in [1.165, 1.54) is 13.2 Å². The van der Waals surface area contributed by atoms with Gasteiger partial charge in [0.05, 0.1) is 13.0 Å². The van der Waals surface area contributed by atoms with Crippen LogP contribution in [0.1, 0.15) is 6.92 Å². The smallest absolute Gasteiger partial charge is 0.316 e. The molecular weight excluding hydrogens is 184 g/mol. The molecule has 1 rings (SSSR count). The zero-order valence-electron chi connectivity index (χ0n) is 8.06. The topological polar surface area (TPSA) is 63.6 Å². The van der Waals surface area contributed by atoms with E-state index in [1.54, 1.807) is 25.2 Å². The molecule has 76 valence electrons. The van der Waals surface area contributed by atoms with Crippen LogP contribution in [0.25, 0.3) is 0 Å². The van der Waals surface area contributed by atoms with Crippen LogP contribution in [0, 0.1) is 11.3 Å². The Labute approximate surface area is 81.9 Å². The highest BCUT2D eigenvalue weighted by Crippen LogP contribution is 2.34. The zero-order chi connectivity index (χ0) is 10.8. The number of ether oxygens (including phenoxy) is 1. The maximum atomic E-state index is 11.4. The Balaban J connectivity index is 3.05. The molecule has 4 heteroatoms. The lowest BCUT2D eigenvalue weighted by Gasteiger charge is -2.29. The van der Waals surface area contributed by atoms with Crippen LogP contribution >= 0.6 is 0 Å². The number of carbonyl (C=O) groups excluding carboxylic acids is 1. The highest BCUT2D eigenvalue weighted by molar-refractivity contribution is 5.87. The largest absolute Gasteiger partial charge is 0.481 e. The van der Waals surface area contributed by atoms with E-state index in [0.29, 0.717) is 0 Å². The number of carbonyl (C=O) groups is 2. The summed E-state index contributed by atoms with van der Waals surface area (Å²) in [6, 6.07) is 0. The Morgan fingerprint density at radius 3 is 2.57 bits per heavy atom. The maximum Gasteiger partial charge on any atom is 0.316 e. The Bertz CT molecular complexity index is 316. The summed E-state index contributed by atoms with van der Waals surface area (Å²) in [6.07, 6.45) is 6.30. The van der Waals surface area contributed by atoms with Crippen molar-refractivity contribution in [1.29, 1.82) is 0 Å². The van der Waals surface area contributed by atoms with E-state index in [4.69, 9.17) is 5.11 Å². The SMILES string of the molecule is COC(=O)C1(C)C=CC=CC1C(=O)O. The second-order valence-corrected chi connectivity index (χ2v) is 3.33. The van der Waals surface area contributed by atoms with Gasteiger partial charge in [-0.2, -0.15) is 0 Å². The second-order valence-electron chi connectivity index (χ2n) is 3.33. The molecule has 14 heavy (non-hydrogen) atoms. The summed E-state index contributed by atoms with van der Waals surface area (Å²) in [6.45, 7) is 1.55. The summed E-state index contributed by atoms with van der Waals surface area (Å²) in [7, 11) is 1.25. The number of methoxy groups -OCH3 is 1. The Hall–Kier alpha value is -1.58. The van der Waals surface area contributed by atoms with Gasteiger partial charge in [0, 0.05) is 0 Å². The van der Waals surface area contributed by atoms with E-state index in [2.05, 4.69) is 4.74 Å². The molecule has 0 fully saturated rings. The van der Waals surface area contributed by atoms with Crippen LogP contribution in [0.2, 0.25) is 0 Å². The molecular formula is C10H12O4. The van der Waals surface area contributed by atoms with Crippen molar-refractivity contribution in [2.75, 3.05) is 7.11 Å². The summed E-state index contributed by atoms with van der Waals surface area (Å²) in [5.41, 5.74) is -1.10.